The molecule has 0 N–H and O–H groups in total. The van der Waals surface area contributed by atoms with Crippen LogP contribution in [0.15, 0.2) is 0 Å². The van der Waals surface area contributed by atoms with Gasteiger partial charge in [0, 0.05) is 18.0 Å². The lowest BCUT2D eigenvalue weighted by atomic mass is 9.97. The van der Waals surface area contributed by atoms with E-state index in [1.165, 1.54) is 6.42 Å². The second kappa shape index (κ2) is 3.34. The molecule has 1 heterocycles. The number of ketones is 1. The van der Waals surface area contributed by atoms with Crippen LogP contribution >= 0.6 is 0 Å². The number of hydrogen-bond donors (Lipinski definition) is 0. The number of fused-ring (bicyclic) bond motifs is 1. The van der Waals surface area contributed by atoms with Gasteiger partial charge in [0.2, 0.25) is 0 Å². The highest BCUT2D eigenvalue weighted by molar-refractivity contribution is 5.86. The van der Waals surface area contributed by atoms with E-state index < -0.39 is 0 Å². The number of piperidine rings is 1. The van der Waals surface area contributed by atoms with Crippen LogP contribution in [0.2, 0.25) is 0 Å². The largest absolute Gasteiger partial charge is 0.298 e. The molecule has 0 aromatic carbocycles. The summed E-state index contributed by atoms with van der Waals surface area (Å²) in [7, 11) is 0. The smallest absolute Gasteiger partial charge is 0.152 e. The summed E-state index contributed by atoms with van der Waals surface area (Å²) in [5.41, 5.74) is 0. The SMILES string of the molecule is CC(C)C(=O)C1CC2CC2N1C(C)C. The van der Waals surface area contributed by atoms with Gasteiger partial charge in [-0.3, -0.25) is 9.69 Å². The number of Topliss-reactive ketones (excluding diaryl/α,β-unsaturated/α-hetero) is 1. The molecule has 2 heteroatoms. The molecule has 0 radical (unpaired) electrons. The predicted octanol–water partition coefficient (Wildman–Crippen LogP) is 2.08. The van der Waals surface area contributed by atoms with Crippen LogP contribution in [0, 0.1) is 11.8 Å². The quantitative estimate of drug-likeness (QED) is 0.687. The van der Waals surface area contributed by atoms with Crippen molar-refractivity contribution in [2.24, 2.45) is 11.8 Å². The summed E-state index contributed by atoms with van der Waals surface area (Å²) in [4.78, 5) is 14.4. The first kappa shape index (κ1) is 10.2. The minimum Gasteiger partial charge on any atom is -0.298 e. The molecule has 0 bridgehead atoms. The highest BCUT2D eigenvalue weighted by Crippen LogP contribution is 2.49. The minimum atomic E-state index is 0.193. The van der Waals surface area contributed by atoms with Crippen molar-refractivity contribution >= 4 is 5.78 Å². The van der Waals surface area contributed by atoms with Crippen LogP contribution in [-0.4, -0.2) is 28.8 Å². The zero-order valence-electron chi connectivity index (χ0n) is 9.66. The number of carbonyl (C=O) groups excluding carboxylic acids is 1. The molecule has 14 heavy (non-hydrogen) atoms. The maximum absolute atomic E-state index is 12.0. The summed E-state index contributed by atoms with van der Waals surface area (Å²) in [6, 6.07) is 1.50. The average Bonchev–Trinajstić information content (AvgIpc) is 2.74. The monoisotopic (exact) mass is 195 g/mol. The molecule has 1 saturated heterocycles. The maximum Gasteiger partial charge on any atom is 0.152 e. The molecule has 0 spiro atoms. The van der Waals surface area contributed by atoms with Gasteiger partial charge in [-0.15, -0.1) is 0 Å². The molecule has 1 aliphatic heterocycles. The summed E-state index contributed by atoms with van der Waals surface area (Å²) in [6.45, 7) is 8.46. The minimum absolute atomic E-state index is 0.193. The van der Waals surface area contributed by atoms with Gasteiger partial charge >= 0.3 is 0 Å². The van der Waals surface area contributed by atoms with Crippen LogP contribution in [0.5, 0.6) is 0 Å². The van der Waals surface area contributed by atoms with Crippen LogP contribution < -0.4 is 0 Å². The standard InChI is InChI=1S/C12H21NO/c1-7(2)12(14)11-6-9-5-10(9)13(11)8(3)4/h7-11H,5-6H2,1-4H3. The van der Waals surface area contributed by atoms with E-state index in [9.17, 15) is 4.79 Å². The first-order valence-electron chi connectivity index (χ1n) is 5.83. The Morgan fingerprint density at radius 2 is 1.86 bits per heavy atom. The molecular formula is C12H21NO. The van der Waals surface area contributed by atoms with Gasteiger partial charge < -0.3 is 0 Å². The van der Waals surface area contributed by atoms with Gasteiger partial charge in [0.15, 0.2) is 5.78 Å². The van der Waals surface area contributed by atoms with E-state index in [0.29, 0.717) is 11.8 Å². The Hall–Kier alpha value is -0.370. The Morgan fingerprint density at radius 3 is 2.36 bits per heavy atom. The summed E-state index contributed by atoms with van der Waals surface area (Å²) in [5, 5.41) is 0. The van der Waals surface area contributed by atoms with Crippen molar-refractivity contribution < 1.29 is 4.79 Å². The molecule has 3 unspecified atom stereocenters. The molecule has 80 valence electrons. The molecule has 2 fully saturated rings. The van der Waals surface area contributed by atoms with Gasteiger partial charge in [0.1, 0.15) is 0 Å². The fourth-order valence-corrected chi connectivity index (χ4v) is 2.88. The Labute approximate surface area is 86.7 Å². The van der Waals surface area contributed by atoms with Crippen molar-refractivity contribution in [3.05, 3.63) is 0 Å². The van der Waals surface area contributed by atoms with E-state index in [-0.39, 0.29) is 12.0 Å². The molecule has 2 nitrogen and oxygen atoms in total. The van der Waals surface area contributed by atoms with Crippen LogP contribution in [0.25, 0.3) is 0 Å². The Kier molecular flexibility index (Phi) is 2.42. The summed E-state index contributed by atoms with van der Waals surface area (Å²) in [6.07, 6.45) is 2.46. The topological polar surface area (TPSA) is 20.3 Å². The molecule has 0 amide bonds. The van der Waals surface area contributed by atoms with Gasteiger partial charge in [-0.2, -0.15) is 0 Å². The predicted molar refractivity (Wildman–Crippen MR) is 57.1 cm³/mol. The third kappa shape index (κ3) is 1.50. The number of hydrogen-bond acceptors (Lipinski definition) is 2. The molecule has 3 atom stereocenters. The van der Waals surface area contributed by atoms with Crippen LogP contribution in [-0.2, 0) is 4.79 Å². The van der Waals surface area contributed by atoms with Crippen molar-refractivity contribution in [3.63, 3.8) is 0 Å². The molecule has 0 aromatic heterocycles. The molecule has 2 aliphatic rings. The summed E-state index contributed by atoms with van der Waals surface area (Å²) < 4.78 is 0. The van der Waals surface area contributed by atoms with E-state index in [1.54, 1.807) is 0 Å². The normalized spacial score (nSPS) is 36.6. The first-order chi connectivity index (χ1) is 6.52. The van der Waals surface area contributed by atoms with Crippen molar-refractivity contribution in [3.8, 4) is 0 Å². The zero-order chi connectivity index (χ0) is 10.5. The van der Waals surface area contributed by atoms with Crippen molar-refractivity contribution in [2.75, 3.05) is 0 Å². The Bertz CT molecular complexity index is 247. The molecule has 1 aliphatic carbocycles. The fourth-order valence-electron chi connectivity index (χ4n) is 2.88. The molecule has 1 saturated carbocycles. The average molecular weight is 195 g/mol. The van der Waals surface area contributed by atoms with Crippen LogP contribution in [0.1, 0.15) is 40.5 Å². The summed E-state index contributed by atoms with van der Waals surface area (Å²) >= 11 is 0. The number of likely N-dealkylation sites (tertiary alicyclic amines) is 1. The second-order valence-electron chi connectivity index (χ2n) is 5.41. The lowest BCUT2D eigenvalue weighted by Gasteiger charge is -2.31. The van der Waals surface area contributed by atoms with E-state index in [0.717, 1.165) is 18.4 Å². The lowest BCUT2D eigenvalue weighted by Crippen LogP contribution is -2.44. The zero-order valence-corrected chi connectivity index (χ0v) is 9.66. The van der Waals surface area contributed by atoms with Gasteiger partial charge in [0.25, 0.3) is 0 Å². The number of carbonyl (C=O) groups is 1. The van der Waals surface area contributed by atoms with E-state index >= 15 is 0 Å². The first-order valence-corrected chi connectivity index (χ1v) is 5.83. The summed E-state index contributed by atoms with van der Waals surface area (Å²) in [5.74, 6) is 1.48. The van der Waals surface area contributed by atoms with Crippen LogP contribution in [0.4, 0.5) is 0 Å². The van der Waals surface area contributed by atoms with Crippen LogP contribution in [0.3, 0.4) is 0 Å². The Morgan fingerprint density at radius 1 is 1.21 bits per heavy atom. The second-order valence-corrected chi connectivity index (χ2v) is 5.41. The maximum atomic E-state index is 12.0. The van der Waals surface area contributed by atoms with E-state index in [1.807, 2.05) is 13.8 Å². The van der Waals surface area contributed by atoms with Gasteiger partial charge in [-0.1, -0.05) is 13.8 Å². The highest BCUT2D eigenvalue weighted by Gasteiger charge is 2.54. The lowest BCUT2D eigenvalue weighted by molar-refractivity contribution is -0.127. The highest BCUT2D eigenvalue weighted by atomic mass is 16.1. The van der Waals surface area contributed by atoms with Gasteiger partial charge in [-0.05, 0) is 32.6 Å². The van der Waals surface area contributed by atoms with Gasteiger partial charge in [-0.25, -0.2) is 0 Å². The third-order valence-corrected chi connectivity index (χ3v) is 3.65. The number of rotatable bonds is 3. The third-order valence-electron chi connectivity index (χ3n) is 3.65. The van der Waals surface area contributed by atoms with E-state index in [4.69, 9.17) is 0 Å². The van der Waals surface area contributed by atoms with Gasteiger partial charge in [0.05, 0.1) is 6.04 Å². The van der Waals surface area contributed by atoms with E-state index in [2.05, 4.69) is 18.7 Å². The van der Waals surface area contributed by atoms with Crippen molar-refractivity contribution in [2.45, 2.75) is 58.7 Å². The Balaban J connectivity index is 2.09. The fraction of sp³-hybridized carbons (Fsp3) is 0.917. The van der Waals surface area contributed by atoms with Crippen molar-refractivity contribution in [1.29, 1.82) is 0 Å². The number of nitrogens with zero attached hydrogens (tertiary/aromatic N) is 1. The molecule has 2 rings (SSSR count). The molecule has 0 aromatic rings. The van der Waals surface area contributed by atoms with Crippen molar-refractivity contribution in [1.82, 2.24) is 4.90 Å². The molecular weight excluding hydrogens is 174 g/mol.